The molecule has 0 radical (unpaired) electrons. The molecule has 0 bridgehead atoms. The van der Waals surface area contributed by atoms with Crippen LogP contribution in [0.5, 0.6) is 11.5 Å². The van der Waals surface area contributed by atoms with Gasteiger partial charge >= 0.3 is 0 Å². The summed E-state index contributed by atoms with van der Waals surface area (Å²) in [6.45, 7) is 0.814. The minimum atomic E-state index is -0.585. The molecule has 4 heteroatoms. The van der Waals surface area contributed by atoms with Crippen LogP contribution in [0.15, 0.2) is 48.5 Å². The Morgan fingerprint density at radius 1 is 0.800 bits per heavy atom. The fourth-order valence-corrected chi connectivity index (χ4v) is 2.10. The number of ketones is 2. The second-order valence-electron chi connectivity index (χ2n) is 4.35. The van der Waals surface area contributed by atoms with E-state index in [-0.39, 0.29) is 5.56 Å². The van der Waals surface area contributed by atoms with Crippen LogP contribution in [0.3, 0.4) is 0 Å². The fourth-order valence-electron chi connectivity index (χ4n) is 2.10. The summed E-state index contributed by atoms with van der Waals surface area (Å²) in [6, 6.07) is 13.5. The van der Waals surface area contributed by atoms with Crippen molar-refractivity contribution in [1.29, 1.82) is 0 Å². The Bertz CT molecular complexity index is 661. The summed E-state index contributed by atoms with van der Waals surface area (Å²) in [5, 5.41) is 0. The first-order valence-corrected chi connectivity index (χ1v) is 6.30. The van der Waals surface area contributed by atoms with E-state index in [1.807, 2.05) is 0 Å². The quantitative estimate of drug-likeness (QED) is 0.634. The van der Waals surface area contributed by atoms with Crippen LogP contribution in [0.1, 0.15) is 20.7 Å². The molecule has 0 unspecified atom stereocenters. The molecular formula is C16H12O4. The molecule has 1 heterocycles. The first-order valence-electron chi connectivity index (χ1n) is 6.30. The number of ether oxygens (including phenoxy) is 2. The van der Waals surface area contributed by atoms with Crippen molar-refractivity contribution in [2.75, 3.05) is 13.2 Å². The van der Waals surface area contributed by atoms with Gasteiger partial charge in [0.15, 0.2) is 11.5 Å². The lowest BCUT2D eigenvalue weighted by Crippen LogP contribution is -2.20. The van der Waals surface area contributed by atoms with Gasteiger partial charge in [0.25, 0.3) is 0 Å². The zero-order chi connectivity index (χ0) is 13.9. The van der Waals surface area contributed by atoms with Crippen molar-refractivity contribution in [3.63, 3.8) is 0 Å². The summed E-state index contributed by atoms with van der Waals surface area (Å²) >= 11 is 0. The average Bonchev–Trinajstić information content (AvgIpc) is 2.54. The summed E-state index contributed by atoms with van der Waals surface area (Å²) in [4.78, 5) is 24.5. The van der Waals surface area contributed by atoms with Gasteiger partial charge in [-0.2, -0.15) is 0 Å². The Labute approximate surface area is 115 Å². The van der Waals surface area contributed by atoms with Crippen molar-refractivity contribution in [2.45, 2.75) is 0 Å². The van der Waals surface area contributed by atoms with E-state index in [4.69, 9.17) is 9.47 Å². The maximum absolute atomic E-state index is 12.3. The molecule has 0 atom stereocenters. The van der Waals surface area contributed by atoms with Crippen LogP contribution >= 0.6 is 0 Å². The van der Waals surface area contributed by atoms with Crippen molar-refractivity contribution < 1.29 is 19.1 Å². The molecule has 1 aliphatic heterocycles. The Morgan fingerprint density at radius 3 is 2.35 bits per heavy atom. The van der Waals surface area contributed by atoms with Crippen LogP contribution in [-0.2, 0) is 0 Å². The molecule has 4 nitrogen and oxygen atoms in total. The number of fused-ring (bicyclic) bond motifs is 1. The molecule has 0 saturated carbocycles. The molecule has 0 aromatic heterocycles. The van der Waals surface area contributed by atoms with E-state index in [0.717, 1.165) is 0 Å². The van der Waals surface area contributed by atoms with Gasteiger partial charge in [0.1, 0.15) is 13.2 Å². The van der Waals surface area contributed by atoms with E-state index in [1.165, 1.54) is 0 Å². The molecule has 0 spiro atoms. The predicted molar refractivity (Wildman–Crippen MR) is 72.5 cm³/mol. The van der Waals surface area contributed by atoms with Gasteiger partial charge in [0, 0.05) is 5.56 Å². The number of hydrogen-bond acceptors (Lipinski definition) is 4. The third-order valence-electron chi connectivity index (χ3n) is 3.05. The molecule has 0 amide bonds. The lowest BCUT2D eigenvalue weighted by atomic mass is 10.0. The predicted octanol–water partition coefficient (Wildman–Crippen LogP) is 2.52. The highest BCUT2D eigenvalue weighted by atomic mass is 16.6. The third-order valence-corrected chi connectivity index (χ3v) is 3.05. The van der Waals surface area contributed by atoms with Gasteiger partial charge in [-0.05, 0) is 12.1 Å². The van der Waals surface area contributed by atoms with Crippen molar-refractivity contribution in [2.24, 2.45) is 0 Å². The van der Waals surface area contributed by atoms with E-state index in [2.05, 4.69) is 0 Å². The van der Waals surface area contributed by atoms with Crippen molar-refractivity contribution in [3.05, 3.63) is 59.7 Å². The van der Waals surface area contributed by atoms with Crippen molar-refractivity contribution in [3.8, 4) is 11.5 Å². The number of para-hydroxylation sites is 1. The number of benzene rings is 2. The van der Waals surface area contributed by atoms with Crippen LogP contribution in [0.2, 0.25) is 0 Å². The molecule has 0 saturated heterocycles. The van der Waals surface area contributed by atoms with Gasteiger partial charge < -0.3 is 9.47 Å². The lowest BCUT2D eigenvalue weighted by molar-refractivity contribution is 0.0811. The highest BCUT2D eigenvalue weighted by Crippen LogP contribution is 2.34. The van der Waals surface area contributed by atoms with E-state index in [1.54, 1.807) is 48.5 Å². The van der Waals surface area contributed by atoms with Gasteiger partial charge in [0.2, 0.25) is 11.6 Å². The SMILES string of the molecule is O=C(C(=O)c1cccc2c1OCCO2)c1ccccc1. The topological polar surface area (TPSA) is 52.6 Å². The van der Waals surface area contributed by atoms with Gasteiger partial charge in [-0.25, -0.2) is 0 Å². The minimum Gasteiger partial charge on any atom is -0.486 e. The van der Waals surface area contributed by atoms with Crippen molar-refractivity contribution >= 4 is 11.6 Å². The molecular weight excluding hydrogens is 256 g/mol. The first kappa shape index (κ1) is 12.4. The van der Waals surface area contributed by atoms with Gasteiger partial charge in [-0.15, -0.1) is 0 Å². The smallest absolute Gasteiger partial charge is 0.237 e. The fraction of sp³-hybridized carbons (Fsp3) is 0.125. The molecule has 0 aliphatic carbocycles. The largest absolute Gasteiger partial charge is 0.486 e. The Kier molecular flexibility index (Phi) is 3.21. The molecule has 2 aromatic carbocycles. The zero-order valence-electron chi connectivity index (χ0n) is 10.7. The van der Waals surface area contributed by atoms with E-state index in [0.29, 0.717) is 30.3 Å². The van der Waals surface area contributed by atoms with Crippen molar-refractivity contribution in [1.82, 2.24) is 0 Å². The highest BCUT2D eigenvalue weighted by molar-refractivity contribution is 6.49. The van der Waals surface area contributed by atoms with E-state index >= 15 is 0 Å². The minimum absolute atomic E-state index is 0.246. The van der Waals surface area contributed by atoms with Crippen LogP contribution in [0, 0.1) is 0 Å². The van der Waals surface area contributed by atoms with Gasteiger partial charge in [-0.3, -0.25) is 9.59 Å². The van der Waals surface area contributed by atoms with Crippen LogP contribution in [-0.4, -0.2) is 24.8 Å². The van der Waals surface area contributed by atoms with E-state index < -0.39 is 11.6 Å². The monoisotopic (exact) mass is 268 g/mol. The van der Waals surface area contributed by atoms with Crippen LogP contribution in [0.4, 0.5) is 0 Å². The molecule has 0 fully saturated rings. The molecule has 2 aromatic rings. The summed E-state index contributed by atoms with van der Waals surface area (Å²) in [6.07, 6.45) is 0. The van der Waals surface area contributed by atoms with Crippen LogP contribution in [0.25, 0.3) is 0 Å². The lowest BCUT2D eigenvalue weighted by Gasteiger charge is -2.20. The molecule has 20 heavy (non-hydrogen) atoms. The first-order chi connectivity index (χ1) is 9.77. The average molecular weight is 268 g/mol. The number of carbonyl (C=O) groups is 2. The Hall–Kier alpha value is -2.62. The van der Waals surface area contributed by atoms with Gasteiger partial charge in [0.05, 0.1) is 5.56 Å². The summed E-state index contributed by atoms with van der Waals surface area (Å²) in [5.74, 6) is -0.275. The number of Topliss-reactive ketones (excluding diaryl/α,β-unsaturated/α-hetero) is 2. The molecule has 1 aliphatic rings. The number of hydrogen-bond donors (Lipinski definition) is 0. The van der Waals surface area contributed by atoms with E-state index in [9.17, 15) is 9.59 Å². The standard InChI is InChI=1S/C16H12O4/c17-14(11-5-2-1-3-6-11)15(18)12-7-4-8-13-16(12)20-10-9-19-13/h1-8H,9-10H2. The summed E-state index contributed by atoms with van der Waals surface area (Å²) in [7, 11) is 0. The highest BCUT2D eigenvalue weighted by Gasteiger charge is 2.25. The second-order valence-corrected chi connectivity index (χ2v) is 4.35. The Balaban J connectivity index is 1.97. The van der Waals surface area contributed by atoms with Crippen LogP contribution < -0.4 is 9.47 Å². The molecule has 100 valence electrons. The maximum Gasteiger partial charge on any atom is 0.237 e. The third kappa shape index (κ3) is 2.16. The molecule has 3 rings (SSSR count). The summed E-state index contributed by atoms with van der Waals surface area (Å²) in [5.41, 5.74) is 0.614. The Morgan fingerprint density at radius 2 is 1.55 bits per heavy atom. The second kappa shape index (κ2) is 5.17. The normalized spacial score (nSPS) is 12.8. The number of carbonyl (C=O) groups excluding carboxylic acids is 2. The van der Waals surface area contributed by atoms with Gasteiger partial charge in [-0.1, -0.05) is 36.4 Å². The summed E-state index contributed by atoms with van der Waals surface area (Å²) < 4.78 is 10.9. The number of rotatable bonds is 3. The molecule has 0 N–H and O–H groups in total. The maximum atomic E-state index is 12.3. The zero-order valence-corrected chi connectivity index (χ0v) is 10.7.